The summed E-state index contributed by atoms with van der Waals surface area (Å²) < 4.78 is 38.8. The topological polar surface area (TPSA) is 94.2 Å². The van der Waals surface area contributed by atoms with E-state index in [4.69, 9.17) is 4.74 Å². The Morgan fingerprint density at radius 3 is 2.71 bits per heavy atom. The molecule has 4 aromatic rings. The molecule has 0 unspecified atom stereocenters. The molecule has 0 spiro atoms. The number of carbonyl (C=O) groups excluding carboxylic acids is 2. The highest BCUT2D eigenvalue weighted by Crippen LogP contribution is 2.29. The first-order valence-corrected chi connectivity index (χ1v) is 9.09. The predicted octanol–water partition coefficient (Wildman–Crippen LogP) is 3.69. The van der Waals surface area contributed by atoms with Crippen molar-refractivity contribution in [3.63, 3.8) is 0 Å². The summed E-state index contributed by atoms with van der Waals surface area (Å²) in [5, 5.41) is 0.394. The number of ether oxygens (including phenoxy) is 2. The Morgan fingerprint density at radius 2 is 1.97 bits per heavy atom. The van der Waals surface area contributed by atoms with Crippen molar-refractivity contribution in [3.05, 3.63) is 77.9 Å². The Bertz CT molecular complexity index is 1290. The zero-order chi connectivity index (χ0) is 22.0. The standard InChI is InChI=1S/C22H15F2N3O4/c1-30-18(28)11-31-17-5-4-16(23)19(20(17)24)21(29)15-10-27-22-14(15)7-13(9-26-22)12-3-2-6-25-8-12/h2-10H,11H2,1H3,(H,26,27). The molecule has 0 aliphatic heterocycles. The maximum absolute atomic E-state index is 14.9. The van der Waals surface area contributed by atoms with Gasteiger partial charge in [-0.2, -0.15) is 0 Å². The van der Waals surface area contributed by atoms with Crippen molar-refractivity contribution >= 4 is 22.8 Å². The molecule has 3 aromatic heterocycles. The van der Waals surface area contributed by atoms with Crippen molar-refractivity contribution in [1.29, 1.82) is 0 Å². The SMILES string of the molecule is COC(=O)COc1ccc(F)c(C(=O)c2c[nH]c3ncc(-c4cccnc4)cc23)c1F. The Hall–Kier alpha value is -4.14. The highest BCUT2D eigenvalue weighted by molar-refractivity contribution is 6.16. The number of esters is 1. The Morgan fingerprint density at radius 1 is 1.13 bits per heavy atom. The fraction of sp³-hybridized carbons (Fsp3) is 0.0909. The van der Waals surface area contributed by atoms with Gasteiger partial charge in [0.2, 0.25) is 5.78 Å². The molecule has 0 bridgehead atoms. The summed E-state index contributed by atoms with van der Waals surface area (Å²) in [5.41, 5.74) is 1.08. The number of nitrogens with zero attached hydrogens (tertiary/aromatic N) is 2. The van der Waals surface area contributed by atoms with Crippen LogP contribution in [0.25, 0.3) is 22.2 Å². The van der Waals surface area contributed by atoms with Crippen molar-refractivity contribution in [1.82, 2.24) is 15.0 Å². The van der Waals surface area contributed by atoms with Gasteiger partial charge in [0.15, 0.2) is 18.2 Å². The van der Waals surface area contributed by atoms with Gasteiger partial charge in [-0.15, -0.1) is 0 Å². The lowest BCUT2D eigenvalue weighted by Gasteiger charge is -2.10. The number of H-pyrrole nitrogens is 1. The maximum atomic E-state index is 14.9. The quantitative estimate of drug-likeness (QED) is 0.376. The molecule has 156 valence electrons. The molecule has 0 amide bonds. The fourth-order valence-corrected chi connectivity index (χ4v) is 3.07. The molecule has 0 fully saturated rings. The smallest absolute Gasteiger partial charge is 0.343 e. The van der Waals surface area contributed by atoms with E-state index in [0.717, 1.165) is 24.8 Å². The van der Waals surface area contributed by atoms with Gasteiger partial charge in [0.1, 0.15) is 11.5 Å². The minimum Gasteiger partial charge on any atom is -0.479 e. The number of ketones is 1. The van der Waals surface area contributed by atoms with Crippen LogP contribution in [-0.2, 0) is 9.53 Å². The number of benzene rings is 1. The average molecular weight is 423 g/mol. The van der Waals surface area contributed by atoms with E-state index in [0.29, 0.717) is 16.6 Å². The Labute approximate surface area is 174 Å². The number of carbonyl (C=O) groups is 2. The number of nitrogens with one attached hydrogen (secondary N) is 1. The number of pyridine rings is 2. The lowest BCUT2D eigenvalue weighted by atomic mass is 10.0. The zero-order valence-corrected chi connectivity index (χ0v) is 16.2. The molecule has 31 heavy (non-hydrogen) atoms. The molecule has 1 aromatic carbocycles. The van der Waals surface area contributed by atoms with Gasteiger partial charge < -0.3 is 14.5 Å². The second-order valence-corrected chi connectivity index (χ2v) is 6.49. The van der Waals surface area contributed by atoms with Crippen molar-refractivity contribution in [2.45, 2.75) is 0 Å². The lowest BCUT2D eigenvalue weighted by Crippen LogP contribution is -2.15. The zero-order valence-electron chi connectivity index (χ0n) is 16.2. The number of halogens is 2. The molecule has 0 saturated carbocycles. The fourth-order valence-electron chi connectivity index (χ4n) is 3.07. The van der Waals surface area contributed by atoms with Crippen LogP contribution in [0.4, 0.5) is 8.78 Å². The molecule has 0 saturated heterocycles. The van der Waals surface area contributed by atoms with Crippen LogP contribution in [0.3, 0.4) is 0 Å². The summed E-state index contributed by atoms with van der Waals surface area (Å²) in [6.45, 7) is -0.585. The molecule has 0 aliphatic rings. The predicted molar refractivity (Wildman–Crippen MR) is 107 cm³/mol. The van der Waals surface area contributed by atoms with E-state index in [1.807, 2.05) is 6.07 Å². The third kappa shape index (κ3) is 3.85. The van der Waals surface area contributed by atoms with Gasteiger partial charge in [0.25, 0.3) is 0 Å². The number of hydrogen-bond acceptors (Lipinski definition) is 6. The number of aromatic nitrogens is 3. The van der Waals surface area contributed by atoms with Gasteiger partial charge >= 0.3 is 5.97 Å². The Balaban J connectivity index is 1.75. The van der Waals surface area contributed by atoms with Gasteiger partial charge in [0.05, 0.1) is 12.7 Å². The van der Waals surface area contributed by atoms with Gasteiger partial charge in [-0.05, 0) is 24.3 Å². The van der Waals surface area contributed by atoms with Crippen molar-refractivity contribution in [2.75, 3.05) is 13.7 Å². The monoisotopic (exact) mass is 423 g/mol. The summed E-state index contributed by atoms with van der Waals surface area (Å²) >= 11 is 0. The second kappa shape index (κ2) is 8.31. The third-order valence-electron chi connectivity index (χ3n) is 4.63. The first kappa shape index (κ1) is 20.1. The first-order valence-electron chi connectivity index (χ1n) is 9.09. The van der Waals surface area contributed by atoms with E-state index in [2.05, 4.69) is 19.7 Å². The van der Waals surface area contributed by atoms with Crippen LogP contribution in [-0.4, -0.2) is 40.4 Å². The largest absolute Gasteiger partial charge is 0.479 e. The van der Waals surface area contributed by atoms with Crippen LogP contribution in [0.2, 0.25) is 0 Å². The van der Waals surface area contributed by atoms with Gasteiger partial charge in [0, 0.05) is 46.9 Å². The van der Waals surface area contributed by atoms with Crippen LogP contribution in [0.1, 0.15) is 15.9 Å². The molecular formula is C22H15F2N3O4. The number of methoxy groups -OCH3 is 1. The molecule has 1 N–H and O–H groups in total. The molecule has 9 heteroatoms. The number of fused-ring (bicyclic) bond motifs is 1. The molecule has 3 heterocycles. The third-order valence-corrected chi connectivity index (χ3v) is 4.63. The highest BCUT2D eigenvalue weighted by atomic mass is 19.1. The first-order chi connectivity index (χ1) is 15.0. The van der Waals surface area contributed by atoms with Crippen molar-refractivity contribution in [3.8, 4) is 16.9 Å². The number of hydrogen-bond donors (Lipinski definition) is 1. The molecule has 0 atom stereocenters. The van der Waals surface area contributed by atoms with E-state index in [9.17, 15) is 18.4 Å². The van der Waals surface area contributed by atoms with E-state index < -0.39 is 41.3 Å². The second-order valence-electron chi connectivity index (χ2n) is 6.49. The number of aromatic amines is 1. The van der Waals surface area contributed by atoms with Crippen LogP contribution in [0.5, 0.6) is 5.75 Å². The average Bonchev–Trinajstić information content (AvgIpc) is 3.22. The summed E-state index contributed by atoms with van der Waals surface area (Å²) in [7, 11) is 1.15. The maximum Gasteiger partial charge on any atom is 0.343 e. The van der Waals surface area contributed by atoms with Gasteiger partial charge in [-0.25, -0.2) is 18.6 Å². The van der Waals surface area contributed by atoms with Crippen LogP contribution in [0.15, 0.2) is 55.1 Å². The summed E-state index contributed by atoms with van der Waals surface area (Å²) in [4.78, 5) is 35.5. The van der Waals surface area contributed by atoms with E-state index in [1.54, 1.807) is 30.7 Å². The Kier molecular flexibility index (Phi) is 5.40. The highest BCUT2D eigenvalue weighted by Gasteiger charge is 2.25. The summed E-state index contributed by atoms with van der Waals surface area (Å²) in [6.07, 6.45) is 6.21. The van der Waals surface area contributed by atoms with E-state index >= 15 is 0 Å². The van der Waals surface area contributed by atoms with E-state index in [1.165, 1.54) is 6.20 Å². The van der Waals surface area contributed by atoms with Gasteiger partial charge in [-0.3, -0.25) is 9.78 Å². The normalized spacial score (nSPS) is 10.8. The molecular weight excluding hydrogens is 408 g/mol. The molecule has 0 aliphatic carbocycles. The van der Waals surface area contributed by atoms with Crippen molar-refractivity contribution < 1.29 is 27.8 Å². The molecule has 4 rings (SSSR count). The lowest BCUT2D eigenvalue weighted by molar-refractivity contribution is -0.142. The minimum absolute atomic E-state index is 0.0381. The summed E-state index contributed by atoms with van der Waals surface area (Å²) in [5.74, 6) is -4.35. The van der Waals surface area contributed by atoms with Crippen LogP contribution < -0.4 is 4.74 Å². The van der Waals surface area contributed by atoms with Crippen molar-refractivity contribution in [2.24, 2.45) is 0 Å². The minimum atomic E-state index is -1.21. The van der Waals surface area contributed by atoms with E-state index in [-0.39, 0.29) is 5.56 Å². The number of rotatable bonds is 6. The molecule has 0 radical (unpaired) electrons. The van der Waals surface area contributed by atoms with Crippen LogP contribution in [0, 0.1) is 11.6 Å². The van der Waals surface area contributed by atoms with Crippen LogP contribution >= 0.6 is 0 Å². The molecule has 7 nitrogen and oxygen atoms in total. The summed E-state index contributed by atoms with van der Waals surface area (Å²) in [6, 6.07) is 7.17. The van der Waals surface area contributed by atoms with Gasteiger partial charge in [-0.1, -0.05) is 6.07 Å².